The third kappa shape index (κ3) is 1.18. The molecule has 0 amide bonds. The van der Waals surface area contributed by atoms with Crippen LogP contribution in [0.3, 0.4) is 0 Å². The molecule has 0 aliphatic heterocycles. The summed E-state index contributed by atoms with van der Waals surface area (Å²) in [5.74, 6) is 0. The van der Waals surface area contributed by atoms with E-state index in [2.05, 4.69) is 24.3 Å². The summed E-state index contributed by atoms with van der Waals surface area (Å²) in [5.41, 5.74) is 2.55. The lowest BCUT2D eigenvalue weighted by Crippen LogP contribution is -2.02. The Morgan fingerprint density at radius 3 is 2.61 bits per heavy atom. The Hall–Kier alpha value is -2.22. The van der Waals surface area contributed by atoms with Gasteiger partial charge in [-0.15, -0.1) is 0 Å². The van der Waals surface area contributed by atoms with Gasteiger partial charge in [-0.05, 0) is 17.5 Å². The van der Waals surface area contributed by atoms with Crippen LogP contribution in [0.15, 0.2) is 59.0 Å². The maximum atomic E-state index is 6.08. The molecule has 1 heterocycles. The SMILES string of the molecule is [B]c1cccc2ccc3c4ccccc4oc3c12. The Morgan fingerprint density at radius 1 is 0.778 bits per heavy atom. The first kappa shape index (κ1) is 9.78. The molecule has 2 radical (unpaired) electrons. The highest BCUT2D eigenvalue weighted by molar-refractivity contribution is 6.41. The quantitative estimate of drug-likeness (QED) is 0.419. The van der Waals surface area contributed by atoms with Crippen LogP contribution < -0.4 is 5.46 Å². The molecule has 82 valence electrons. The Balaban J connectivity index is 2.35. The van der Waals surface area contributed by atoms with Crippen LogP contribution in [0.2, 0.25) is 0 Å². The smallest absolute Gasteiger partial charge is 0.142 e. The summed E-state index contributed by atoms with van der Waals surface area (Å²) in [5, 5.41) is 4.38. The molecule has 0 aliphatic rings. The van der Waals surface area contributed by atoms with Gasteiger partial charge in [0.05, 0.1) is 0 Å². The van der Waals surface area contributed by atoms with Crippen molar-refractivity contribution in [2.45, 2.75) is 0 Å². The second-order valence-corrected chi connectivity index (χ2v) is 4.49. The third-order valence-corrected chi connectivity index (χ3v) is 3.42. The fourth-order valence-corrected chi connectivity index (χ4v) is 2.58. The summed E-state index contributed by atoms with van der Waals surface area (Å²) < 4.78 is 5.97. The molecule has 4 rings (SSSR count). The van der Waals surface area contributed by atoms with E-state index in [1.807, 2.05) is 30.3 Å². The molecule has 2 heteroatoms. The molecule has 3 aromatic carbocycles. The van der Waals surface area contributed by atoms with Crippen LogP contribution in [-0.4, -0.2) is 7.85 Å². The topological polar surface area (TPSA) is 13.1 Å². The summed E-state index contributed by atoms with van der Waals surface area (Å²) in [6.07, 6.45) is 0. The minimum Gasteiger partial charge on any atom is -0.455 e. The minimum atomic E-state index is 0.761. The normalized spacial score (nSPS) is 11.6. The van der Waals surface area contributed by atoms with Crippen LogP contribution in [-0.2, 0) is 0 Å². The molecule has 1 aromatic heterocycles. The predicted molar refractivity (Wildman–Crippen MR) is 76.6 cm³/mol. The van der Waals surface area contributed by atoms with Crippen molar-refractivity contribution >= 4 is 46.0 Å². The van der Waals surface area contributed by atoms with Crippen LogP contribution in [0.4, 0.5) is 0 Å². The Bertz CT molecular complexity index is 889. The van der Waals surface area contributed by atoms with E-state index in [4.69, 9.17) is 12.3 Å². The minimum absolute atomic E-state index is 0.761. The van der Waals surface area contributed by atoms with Gasteiger partial charge in [-0.2, -0.15) is 0 Å². The molecular weight excluding hydrogens is 219 g/mol. The van der Waals surface area contributed by atoms with E-state index in [9.17, 15) is 0 Å². The maximum absolute atomic E-state index is 6.08. The number of benzene rings is 3. The van der Waals surface area contributed by atoms with Gasteiger partial charge in [0.25, 0.3) is 0 Å². The first-order valence-electron chi connectivity index (χ1n) is 5.93. The molecule has 0 saturated carbocycles. The highest BCUT2D eigenvalue weighted by atomic mass is 16.3. The lowest BCUT2D eigenvalue weighted by atomic mass is 9.89. The molecule has 0 fully saturated rings. The highest BCUT2D eigenvalue weighted by Crippen LogP contribution is 2.32. The summed E-state index contributed by atoms with van der Waals surface area (Å²) in [7, 11) is 6.08. The summed E-state index contributed by atoms with van der Waals surface area (Å²) >= 11 is 0. The van der Waals surface area contributed by atoms with Crippen LogP contribution in [0.5, 0.6) is 0 Å². The van der Waals surface area contributed by atoms with Crippen molar-refractivity contribution in [2.75, 3.05) is 0 Å². The van der Waals surface area contributed by atoms with Crippen molar-refractivity contribution in [3.8, 4) is 0 Å². The molecule has 0 saturated heterocycles. The summed E-state index contributed by atoms with van der Waals surface area (Å²) in [6, 6.07) is 18.2. The maximum Gasteiger partial charge on any atom is 0.142 e. The van der Waals surface area contributed by atoms with Crippen LogP contribution >= 0.6 is 0 Å². The Labute approximate surface area is 105 Å². The van der Waals surface area contributed by atoms with Crippen LogP contribution in [0.1, 0.15) is 0 Å². The van der Waals surface area contributed by atoms with Gasteiger partial charge < -0.3 is 4.42 Å². The number of para-hydroxylation sites is 1. The molecule has 0 aliphatic carbocycles. The average molecular weight is 228 g/mol. The van der Waals surface area contributed by atoms with Crippen molar-refractivity contribution in [3.63, 3.8) is 0 Å². The van der Waals surface area contributed by atoms with E-state index in [1.165, 1.54) is 0 Å². The predicted octanol–water partition coefficient (Wildman–Crippen LogP) is 3.53. The number of hydrogen-bond acceptors (Lipinski definition) is 1. The van der Waals surface area contributed by atoms with Gasteiger partial charge in [0, 0.05) is 16.2 Å². The van der Waals surface area contributed by atoms with Crippen molar-refractivity contribution in [2.24, 2.45) is 0 Å². The number of rotatable bonds is 0. The standard InChI is InChI=1S/C16H9BO/c17-13-6-3-4-10-8-9-12-11-5-1-2-7-14(11)18-16(12)15(10)13/h1-9H. The molecule has 1 nitrogen and oxygen atoms in total. The average Bonchev–Trinajstić information content (AvgIpc) is 2.77. The highest BCUT2D eigenvalue weighted by Gasteiger charge is 2.10. The van der Waals surface area contributed by atoms with Gasteiger partial charge in [0.15, 0.2) is 0 Å². The van der Waals surface area contributed by atoms with Crippen molar-refractivity contribution < 1.29 is 4.42 Å². The van der Waals surface area contributed by atoms with Crippen molar-refractivity contribution in [1.29, 1.82) is 0 Å². The fraction of sp³-hybridized carbons (Fsp3) is 0. The molecule has 0 bridgehead atoms. The van der Waals surface area contributed by atoms with Crippen molar-refractivity contribution in [1.82, 2.24) is 0 Å². The van der Waals surface area contributed by atoms with E-state index < -0.39 is 0 Å². The lowest BCUT2D eigenvalue weighted by molar-refractivity contribution is 0.673. The lowest BCUT2D eigenvalue weighted by Gasteiger charge is -2.02. The Morgan fingerprint density at radius 2 is 1.67 bits per heavy atom. The first-order chi connectivity index (χ1) is 8.84. The van der Waals surface area contributed by atoms with Gasteiger partial charge in [0.1, 0.15) is 19.0 Å². The molecule has 4 aromatic rings. The van der Waals surface area contributed by atoms with Gasteiger partial charge >= 0.3 is 0 Å². The van der Waals surface area contributed by atoms with E-state index in [-0.39, 0.29) is 0 Å². The van der Waals surface area contributed by atoms with Gasteiger partial charge in [-0.25, -0.2) is 0 Å². The van der Waals surface area contributed by atoms with E-state index >= 15 is 0 Å². The molecule has 18 heavy (non-hydrogen) atoms. The largest absolute Gasteiger partial charge is 0.455 e. The summed E-state index contributed by atoms with van der Waals surface area (Å²) in [4.78, 5) is 0. The van der Waals surface area contributed by atoms with E-state index in [0.29, 0.717) is 0 Å². The first-order valence-corrected chi connectivity index (χ1v) is 5.93. The number of hydrogen-bond donors (Lipinski definition) is 0. The molecule has 0 unspecified atom stereocenters. The zero-order valence-electron chi connectivity index (χ0n) is 9.68. The zero-order chi connectivity index (χ0) is 12.1. The number of furan rings is 1. The van der Waals surface area contributed by atoms with Gasteiger partial charge in [0.2, 0.25) is 0 Å². The second kappa shape index (κ2) is 3.39. The fourth-order valence-electron chi connectivity index (χ4n) is 2.58. The summed E-state index contributed by atoms with van der Waals surface area (Å²) in [6.45, 7) is 0. The molecular formula is C16H9BO. The molecule has 0 N–H and O–H groups in total. The second-order valence-electron chi connectivity index (χ2n) is 4.49. The van der Waals surface area contributed by atoms with Gasteiger partial charge in [-0.1, -0.05) is 47.9 Å². The zero-order valence-corrected chi connectivity index (χ0v) is 9.68. The van der Waals surface area contributed by atoms with E-state index in [0.717, 1.165) is 38.2 Å². The monoisotopic (exact) mass is 228 g/mol. The number of fused-ring (bicyclic) bond motifs is 5. The van der Waals surface area contributed by atoms with E-state index in [1.54, 1.807) is 0 Å². The van der Waals surface area contributed by atoms with Crippen molar-refractivity contribution in [3.05, 3.63) is 54.6 Å². The molecule has 0 atom stereocenters. The molecule has 0 spiro atoms. The Kier molecular flexibility index (Phi) is 1.84. The van der Waals surface area contributed by atoms with Gasteiger partial charge in [-0.3, -0.25) is 0 Å². The van der Waals surface area contributed by atoms with Crippen LogP contribution in [0.25, 0.3) is 32.7 Å². The third-order valence-electron chi connectivity index (χ3n) is 3.42. The van der Waals surface area contributed by atoms with Crippen LogP contribution in [0, 0.1) is 0 Å².